The number of nitrogens with one attached hydrogen (secondary N) is 1. The fourth-order valence-corrected chi connectivity index (χ4v) is 2.64. The topological polar surface area (TPSA) is 76.7 Å². The Morgan fingerprint density at radius 3 is 2.68 bits per heavy atom. The standard InChI is InChI=1S/C12H15N5S2/c1-6-5-19-9(15-6)4-14-12-10(11(13)18)7(2)8(3)16-17-12/h5H,4H2,1-3H3,(H2,13,18)(H,14,17). The van der Waals surface area contributed by atoms with Gasteiger partial charge >= 0.3 is 0 Å². The minimum absolute atomic E-state index is 0.327. The third-order valence-corrected chi connectivity index (χ3v) is 3.95. The minimum Gasteiger partial charge on any atom is -0.389 e. The summed E-state index contributed by atoms with van der Waals surface area (Å²) in [6, 6.07) is 0. The molecular weight excluding hydrogens is 278 g/mol. The molecule has 2 heterocycles. The lowest BCUT2D eigenvalue weighted by Gasteiger charge is -2.12. The molecule has 0 fully saturated rings. The van der Waals surface area contributed by atoms with E-state index in [4.69, 9.17) is 18.0 Å². The SMILES string of the molecule is Cc1csc(CNc2nnc(C)c(C)c2C(N)=S)n1. The van der Waals surface area contributed by atoms with Crippen LogP contribution in [-0.4, -0.2) is 20.2 Å². The van der Waals surface area contributed by atoms with Crippen LogP contribution in [0.4, 0.5) is 5.82 Å². The van der Waals surface area contributed by atoms with Crippen molar-refractivity contribution < 1.29 is 0 Å². The number of aryl methyl sites for hydroxylation is 2. The highest BCUT2D eigenvalue weighted by atomic mass is 32.1. The van der Waals surface area contributed by atoms with Gasteiger partial charge in [-0.3, -0.25) is 0 Å². The number of hydrogen-bond donors (Lipinski definition) is 2. The van der Waals surface area contributed by atoms with Crippen molar-refractivity contribution in [2.75, 3.05) is 5.32 Å². The molecule has 0 unspecified atom stereocenters. The van der Waals surface area contributed by atoms with Gasteiger partial charge in [0.25, 0.3) is 0 Å². The summed E-state index contributed by atoms with van der Waals surface area (Å²) in [7, 11) is 0. The van der Waals surface area contributed by atoms with Gasteiger partial charge in [0.15, 0.2) is 5.82 Å². The molecule has 0 aliphatic carbocycles. The van der Waals surface area contributed by atoms with Crippen molar-refractivity contribution >= 4 is 34.4 Å². The van der Waals surface area contributed by atoms with Crippen LogP contribution in [-0.2, 0) is 6.54 Å². The van der Waals surface area contributed by atoms with Crippen molar-refractivity contribution in [3.8, 4) is 0 Å². The Kier molecular flexibility index (Phi) is 4.06. The summed E-state index contributed by atoms with van der Waals surface area (Å²) in [5.41, 5.74) is 9.33. The van der Waals surface area contributed by atoms with Gasteiger partial charge in [0.05, 0.1) is 17.8 Å². The van der Waals surface area contributed by atoms with Crippen molar-refractivity contribution in [3.63, 3.8) is 0 Å². The van der Waals surface area contributed by atoms with Crippen LogP contribution in [0.15, 0.2) is 5.38 Å². The summed E-state index contributed by atoms with van der Waals surface area (Å²) >= 11 is 6.69. The second-order valence-electron chi connectivity index (χ2n) is 4.23. The molecule has 0 saturated heterocycles. The van der Waals surface area contributed by atoms with Gasteiger partial charge in [-0.25, -0.2) is 4.98 Å². The molecular formula is C12H15N5S2. The van der Waals surface area contributed by atoms with E-state index in [9.17, 15) is 0 Å². The Balaban J connectivity index is 2.25. The number of aromatic nitrogens is 3. The Bertz CT molecular complexity index is 621. The second-order valence-corrected chi connectivity index (χ2v) is 5.62. The van der Waals surface area contributed by atoms with Crippen LogP contribution < -0.4 is 11.1 Å². The molecule has 3 N–H and O–H groups in total. The monoisotopic (exact) mass is 293 g/mol. The number of anilines is 1. The molecule has 0 radical (unpaired) electrons. The van der Waals surface area contributed by atoms with Gasteiger partial charge in [-0.1, -0.05) is 12.2 Å². The molecule has 7 heteroatoms. The summed E-state index contributed by atoms with van der Waals surface area (Å²) in [6.07, 6.45) is 0. The van der Waals surface area contributed by atoms with E-state index in [2.05, 4.69) is 20.5 Å². The first-order chi connectivity index (χ1) is 8.99. The molecule has 0 aromatic carbocycles. The van der Waals surface area contributed by atoms with Crippen molar-refractivity contribution in [2.45, 2.75) is 27.3 Å². The van der Waals surface area contributed by atoms with Gasteiger partial charge in [-0.15, -0.1) is 16.4 Å². The highest BCUT2D eigenvalue weighted by Crippen LogP contribution is 2.19. The van der Waals surface area contributed by atoms with E-state index in [1.165, 1.54) is 0 Å². The zero-order chi connectivity index (χ0) is 14.0. The first-order valence-electron chi connectivity index (χ1n) is 5.77. The molecule has 0 saturated carbocycles. The molecule has 0 aliphatic heterocycles. The number of thiazole rings is 1. The quantitative estimate of drug-likeness (QED) is 0.841. The molecule has 100 valence electrons. The highest BCUT2D eigenvalue weighted by molar-refractivity contribution is 7.80. The first kappa shape index (κ1) is 13.8. The second kappa shape index (κ2) is 5.58. The van der Waals surface area contributed by atoms with Gasteiger partial charge in [0.1, 0.15) is 10.00 Å². The Labute approximate surface area is 121 Å². The third kappa shape index (κ3) is 3.05. The predicted molar refractivity (Wildman–Crippen MR) is 81.6 cm³/mol. The fourth-order valence-electron chi connectivity index (χ4n) is 1.68. The zero-order valence-corrected chi connectivity index (χ0v) is 12.7. The Morgan fingerprint density at radius 2 is 2.11 bits per heavy atom. The zero-order valence-electron chi connectivity index (χ0n) is 11.0. The van der Waals surface area contributed by atoms with Crippen molar-refractivity contribution in [3.05, 3.63) is 32.9 Å². The van der Waals surface area contributed by atoms with E-state index < -0.39 is 0 Å². The summed E-state index contributed by atoms with van der Waals surface area (Å²) < 4.78 is 0. The summed E-state index contributed by atoms with van der Waals surface area (Å²) in [5, 5.41) is 14.4. The molecule has 2 aromatic rings. The number of rotatable bonds is 4. The molecule has 19 heavy (non-hydrogen) atoms. The van der Waals surface area contributed by atoms with E-state index in [1.54, 1.807) is 11.3 Å². The molecule has 0 spiro atoms. The summed E-state index contributed by atoms with van der Waals surface area (Å²) in [5.74, 6) is 0.614. The highest BCUT2D eigenvalue weighted by Gasteiger charge is 2.13. The fraction of sp³-hybridized carbons (Fsp3) is 0.333. The lowest BCUT2D eigenvalue weighted by molar-refractivity contribution is 0.939. The van der Waals surface area contributed by atoms with Crippen LogP contribution in [0, 0.1) is 20.8 Å². The van der Waals surface area contributed by atoms with Crippen molar-refractivity contribution in [1.82, 2.24) is 15.2 Å². The lowest BCUT2D eigenvalue weighted by atomic mass is 10.1. The average molecular weight is 293 g/mol. The number of nitrogens with zero attached hydrogens (tertiary/aromatic N) is 3. The average Bonchev–Trinajstić information content (AvgIpc) is 2.76. The number of thiocarbonyl (C=S) groups is 1. The maximum absolute atomic E-state index is 5.77. The lowest BCUT2D eigenvalue weighted by Crippen LogP contribution is -2.18. The van der Waals surface area contributed by atoms with Crippen LogP contribution in [0.25, 0.3) is 0 Å². The van der Waals surface area contributed by atoms with Gasteiger partial charge in [0, 0.05) is 11.1 Å². The van der Waals surface area contributed by atoms with Gasteiger partial charge in [-0.05, 0) is 26.3 Å². The van der Waals surface area contributed by atoms with E-state index in [0.29, 0.717) is 17.4 Å². The number of nitrogens with two attached hydrogens (primary N) is 1. The van der Waals surface area contributed by atoms with Crippen LogP contribution in [0.2, 0.25) is 0 Å². The maximum Gasteiger partial charge on any atom is 0.159 e. The van der Waals surface area contributed by atoms with E-state index in [0.717, 1.165) is 27.5 Å². The van der Waals surface area contributed by atoms with Crippen molar-refractivity contribution in [2.24, 2.45) is 5.73 Å². The van der Waals surface area contributed by atoms with Crippen LogP contribution >= 0.6 is 23.6 Å². The molecule has 2 rings (SSSR count). The van der Waals surface area contributed by atoms with Gasteiger partial charge < -0.3 is 11.1 Å². The normalized spacial score (nSPS) is 10.5. The minimum atomic E-state index is 0.327. The Morgan fingerprint density at radius 1 is 1.37 bits per heavy atom. The maximum atomic E-state index is 5.77. The van der Waals surface area contributed by atoms with Crippen LogP contribution in [0.5, 0.6) is 0 Å². The summed E-state index contributed by atoms with van der Waals surface area (Å²) in [4.78, 5) is 4.71. The molecule has 5 nitrogen and oxygen atoms in total. The molecule has 0 amide bonds. The number of hydrogen-bond acceptors (Lipinski definition) is 6. The largest absolute Gasteiger partial charge is 0.389 e. The molecule has 2 aromatic heterocycles. The van der Waals surface area contributed by atoms with Gasteiger partial charge in [-0.2, -0.15) is 5.10 Å². The Hall–Kier alpha value is -1.60. The molecule has 0 bridgehead atoms. The van der Waals surface area contributed by atoms with E-state index >= 15 is 0 Å². The summed E-state index contributed by atoms with van der Waals surface area (Å²) in [6.45, 7) is 6.39. The van der Waals surface area contributed by atoms with Gasteiger partial charge in [0.2, 0.25) is 0 Å². The molecule has 0 atom stereocenters. The van der Waals surface area contributed by atoms with Crippen molar-refractivity contribution in [1.29, 1.82) is 0 Å². The van der Waals surface area contributed by atoms with E-state index in [1.807, 2.05) is 26.2 Å². The first-order valence-corrected chi connectivity index (χ1v) is 7.06. The third-order valence-electron chi connectivity index (χ3n) is 2.77. The predicted octanol–water partition coefficient (Wildman–Crippen LogP) is 2.10. The van der Waals surface area contributed by atoms with Crippen LogP contribution in [0.3, 0.4) is 0 Å². The molecule has 0 aliphatic rings. The van der Waals surface area contributed by atoms with Crippen LogP contribution in [0.1, 0.15) is 27.5 Å². The smallest absolute Gasteiger partial charge is 0.159 e. The van der Waals surface area contributed by atoms with E-state index in [-0.39, 0.29) is 0 Å².